The van der Waals surface area contributed by atoms with Gasteiger partial charge < -0.3 is 10.4 Å². The van der Waals surface area contributed by atoms with Crippen molar-refractivity contribution in [1.29, 1.82) is 0 Å². The van der Waals surface area contributed by atoms with Crippen molar-refractivity contribution in [1.82, 2.24) is 16.2 Å². The lowest BCUT2D eigenvalue weighted by atomic mass is 9.95. The Kier molecular flexibility index (Phi) is 5.35. The van der Waals surface area contributed by atoms with Crippen molar-refractivity contribution in [2.45, 2.75) is 12.1 Å². The minimum absolute atomic E-state index is 0.136. The average Bonchev–Trinajstić information content (AvgIpc) is 3.05. The van der Waals surface area contributed by atoms with Crippen LogP contribution < -0.4 is 16.2 Å². The molecule has 122 valence electrons. The fraction of sp³-hybridized carbons (Fsp3) is 0.333. The van der Waals surface area contributed by atoms with E-state index in [1.54, 1.807) is 0 Å². The van der Waals surface area contributed by atoms with Crippen LogP contribution >= 0.6 is 0 Å². The zero-order valence-corrected chi connectivity index (χ0v) is 12.9. The van der Waals surface area contributed by atoms with Crippen LogP contribution in [0.1, 0.15) is 23.3 Å². The number of aliphatic hydroxyl groups is 1. The molecular weight excluding hydrogens is 293 g/mol. The molecule has 0 bridgehead atoms. The first-order chi connectivity index (χ1) is 11.2. The van der Waals surface area contributed by atoms with Gasteiger partial charge in [-0.1, -0.05) is 42.5 Å². The van der Waals surface area contributed by atoms with Crippen LogP contribution in [0.15, 0.2) is 54.6 Å². The number of hydrazine groups is 1. The third-order valence-electron chi connectivity index (χ3n) is 4.25. The molecule has 0 amide bonds. The Hall–Kier alpha value is -1.79. The van der Waals surface area contributed by atoms with E-state index in [2.05, 4.69) is 16.2 Å². The number of nitrogens with one attached hydrogen (secondary N) is 3. The molecule has 0 aliphatic carbocycles. The second-order valence-corrected chi connectivity index (χ2v) is 5.90. The fourth-order valence-corrected chi connectivity index (χ4v) is 2.95. The van der Waals surface area contributed by atoms with E-state index in [0.717, 1.165) is 24.2 Å². The maximum Gasteiger partial charge on any atom is 0.123 e. The van der Waals surface area contributed by atoms with Crippen molar-refractivity contribution in [3.8, 4) is 0 Å². The molecule has 1 fully saturated rings. The summed E-state index contributed by atoms with van der Waals surface area (Å²) in [6.07, 6.45) is -0.511. The molecule has 1 heterocycles. The smallest absolute Gasteiger partial charge is 0.123 e. The van der Waals surface area contributed by atoms with E-state index in [4.69, 9.17) is 0 Å². The number of aliphatic hydroxyl groups excluding tert-OH is 1. The molecule has 5 heteroatoms. The van der Waals surface area contributed by atoms with Gasteiger partial charge in [0.2, 0.25) is 0 Å². The first-order valence-electron chi connectivity index (χ1n) is 7.91. The van der Waals surface area contributed by atoms with Crippen LogP contribution in [0.4, 0.5) is 4.39 Å². The molecule has 3 atom stereocenters. The maximum atomic E-state index is 13.0. The SMILES string of the molecule is OC(CNCC1CNNC1c1ccc(F)cc1)c1ccccc1. The molecule has 3 rings (SSSR count). The van der Waals surface area contributed by atoms with Gasteiger partial charge in [-0.3, -0.25) is 5.43 Å². The Morgan fingerprint density at radius 2 is 1.87 bits per heavy atom. The van der Waals surface area contributed by atoms with Crippen LogP contribution in [-0.4, -0.2) is 24.7 Å². The molecule has 23 heavy (non-hydrogen) atoms. The summed E-state index contributed by atoms with van der Waals surface area (Å²) >= 11 is 0. The first-order valence-corrected chi connectivity index (χ1v) is 7.91. The van der Waals surface area contributed by atoms with Crippen LogP contribution in [0.5, 0.6) is 0 Å². The minimum atomic E-state index is -0.511. The van der Waals surface area contributed by atoms with Crippen molar-refractivity contribution in [2.24, 2.45) is 5.92 Å². The van der Waals surface area contributed by atoms with E-state index < -0.39 is 6.10 Å². The minimum Gasteiger partial charge on any atom is -0.387 e. The summed E-state index contributed by atoms with van der Waals surface area (Å²) in [5.41, 5.74) is 8.37. The van der Waals surface area contributed by atoms with E-state index >= 15 is 0 Å². The van der Waals surface area contributed by atoms with Crippen molar-refractivity contribution < 1.29 is 9.50 Å². The van der Waals surface area contributed by atoms with Gasteiger partial charge in [0, 0.05) is 25.6 Å². The Labute approximate surface area is 135 Å². The van der Waals surface area contributed by atoms with Crippen LogP contribution in [0, 0.1) is 11.7 Å². The van der Waals surface area contributed by atoms with E-state index in [0.29, 0.717) is 12.5 Å². The summed E-state index contributed by atoms with van der Waals surface area (Å²) in [7, 11) is 0. The number of hydrogen-bond donors (Lipinski definition) is 4. The van der Waals surface area contributed by atoms with Gasteiger partial charge >= 0.3 is 0 Å². The quantitative estimate of drug-likeness (QED) is 0.658. The zero-order chi connectivity index (χ0) is 16.1. The molecule has 1 aliphatic heterocycles. The first kappa shape index (κ1) is 16.1. The number of halogens is 1. The predicted octanol–water partition coefficient (Wildman–Crippen LogP) is 1.91. The van der Waals surface area contributed by atoms with Gasteiger partial charge in [-0.25, -0.2) is 9.82 Å². The molecule has 4 nitrogen and oxygen atoms in total. The van der Waals surface area contributed by atoms with Gasteiger partial charge in [-0.05, 0) is 23.3 Å². The summed E-state index contributed by atoms with van der Waals surface area (Å²) in [5.74, 6) is 0.115. The Morgan fingerprint density at radius 1 is 1.13 bits per heavy atom. The van der Waals surface area contributed by atoms with E-state index in [9.17, 15) is 9.50 Å². The summed E-state index contributed by atoms with van der Waals surface area (Å²) in [4.78, 5) is 0. The van der Waals surface area contributed by atoms with E-state index in [1.165, 1.54) is 12.1 Å². The molecule has 2 aromatic rings. The Bertz CT molecular complexity index is 605. The summed E-state index contributed by atoms with van der Waals surface area (Å²) < 4.78 is 13.0. The standard InChI is InChI=1S/C18H22FN3O/c19-16-8-6-14(7-9-16)18-15(11-21-22-18)10-20-12-17(23)13-4-2-1-3-5-13/h1-9,15,17-18,20-23H,10-12H2. The van der Waals surface area contributed by atoms with Crippen molar-refractivity contribution in [3.05, 3.63) is 71.5 Å². The molecule has 0 saturated carbocycles. The van der Waals surface area contributed by atoms with Gasteiger partial charge in [0.1, 0.15) is 5.82 Å². The highest BCUT2D eigenvalue weighted by Crippen LogP contribution is 2.24. The largest absolute Gasteiger partial charge is 0.387 e. The van der Waals surface area contributed by atoms with Gasteiger partial charge in [-0.15, -0.1) is 0 Å². The van der Waals surface area contributed by atoms with Crippen LogP contribution in [-0.2, 0) is 0 Å². The average molecular weight is 315 g/mol. The summed E-state index contributed by atoms with van der Waals surface area (Å²) in [6.45, 7) is 2.11. The molecule has 2 aromatic carbocycles. The van der Waals surface area contributed by atoms with Gasteiger partial charge in [0.25, 0.3) is 0 Å². The molecule has 3 unspecified atom stereocenters. The highest BCUT2D eigenvalue weighted by atomic mass is 19.1. The number of rotatable bonds is 6. The Morgan fingerprint density at radius 3 is 2.61 bits per heavy atom. The van der Waals surface area contributed by atoms with E-state index in [1.807, 2.05) is 42.5 Å². The molecular formula is C18H22FN3O. The van der Waals surface area contributed by atoms with Gasteiger partial charge in [0.15, 0.2) is 0 Å². The second kappa shape index (κ2) is 7.66. The third-order valence-corrected chi connectivity index (χ3v) is 4.25. The van der Waals surface area contributed by atoms with E-state index in [-0.39, 0.29) is 11.9 Å². The number of hydrogen-bond acceptors (Lipinski definition) is 4. The normalized spacial score (nSPS) is 22.2. The molecule has 4 N–H and O–H groups in total. The monoisotopic (exact) mass is 315 g/mol. The Balaban J connectivity index is 1.52. The zero-order valence-electron chi connectivity index (χ0n) is 12.9. The number of benzene rings is 2. The lowest BCUT2D eigenvalue weighted by molar-refractivity contribution is 0.172. The van der Waals surface area contributed by atoms with Crippen molar-refractivity contribution in [2.75, 3.05) is 19.6 Å². The molecule has 1 aliphatic rings. The molecule has 1 saturated heterocycles. The summed E-state index contributed by atoms with van der Waals surface area (Å²) in [5, 5.41) is 13.5. The molecule has 0 radical (unpaired) electrons. The highest BCUT2D eigenvalue weighted by molar-refractivity contribution is 5.22. The molecule has 0 spiro atoms. The maximum absolute atomic E-state index is 13.0. The van der Waals surface area contributed by atoms with Gasteiger partial charge in [0.05, 0.1) is 12.1 Å². The second-order valence-electron chi connectivity index (χ2n) is 5.90. The van der Waals surface area contributed by atoms with Crippen LogP contribution in [0.2, 0.25) is 0 Å². The lowest BCUT2D eigenvalue weighted by Crippen LogP contribution is -2.31. The van der Waals surface area contributed by atoms with Crippen LogP contribution in [0.3, 0.4) is 0 Å². The topological polar surface area (TPSA) is 56.3 Å². The third kappa shape index (κ3) is 4.14. The predicted molar refractivity (Wildman–Crippen MR) is 88.0 cm³/mol. The van der Waals surface area contributed by atoms with Crippen molar-refractivity contribution >= 4 is 0 Å². The lowest BCUT2D eigenvalue weighted by Gasteiger charge is -2.20. The van der Waals surface area contributed by atoms with Crippen molar-refractivity contribution in [3.63, 3.8) is 0 Å². The van der Waals surface area contributed by atoms with Crippen LogP contribution in [0.25, 0.3) is 0 Å². The summed E-state index contributed by atoms with van der Waals surface area (Å²) in [6, 6.07) is 16.4. The fourth-order valence-electron chi connectivity index (χ4n) is 2.95. The highest BCUT2D eigenvalue weighted by Gasteiger charge is 2.27. The van der Waals surface area contributed by atoms with Gasteiger partial charge in [-0.2, -0.15) is 0 Å². The molecule has 0 aromatic heterocycles.